The van der Waals surface area contributed by atoms with Crippen LogP contribution >= 0.6 is 0 Å². The van der Waals surface area contributed by atoms with E-state index in [2.05, 4.69) is 10.4 Å². The Morgan fingerprint density at radius 2 is 2.00 bits per heavy atom. The fourth-order valence-corrected chi connectivity index (χ4v) is 3.74. The van der Waals surface area contributed by atoms with Crippen LogP contribution in [0, 0.1) is 5.82 Å². The van der Waals surface area contributed by atoms with Crippen LogP contribution in [-0.2, 0) is 9.53 Å². The van der Waals surface area contributed by atoms with Crippen LogP contribution in [0.4, 0.5) is 9.18 Å². The largest absolute Gasteiger partial charge is 0.497 e. The van der Waals surface area contributed by atoms with Crippen LogP contribution < -0.4 is 10.1 Å². The van der Waals surface area contributed by atoms with E-state index in [1.807, 2.05) is 31.2 Å². The number of methoxy groups -OCH3 is 2. The van der Waals surface area contributed by atoms with Crippen LogP contribution in [0.3, 0.4) is 0 Å². The maximum Gasteiger partial charge on any atom is 0.317 e. The van der Waals surface area contributed by atoms with Crippen LogP contribution in [0.25, 0.3) is 0 Å². The lowest BCUT2D eigenvalue weighted by molar-refractivity contribution is -0.133. The predicted octanol–water partition coefficient (Wildman–Crippen LogP) is 3.58. The minimum absolute atomic E-state index is 0.210. The number of amides is 3. The Bertz CT molecular complexity index is 1030. The first-order valence-corrected chi connectivity index (χ1v) is 11.3. The van der Waals surface area contributed by atoms with Gasteiger partial charge in [-0.3, -0.25) is 4.79 Å². The Morgan fingerprint density at radius 3 is 2.71 bits per heavy atom. The molecule has 0 bridgehead atoms. The third-order valence-corrected chi connectivity index (χ3v) is 5.54. The fraction of sp³-hybridized carbons (Fsp3) is 0.400. The van der Waals surface area contributed by atoms with Crippen molar-refractivity contribution in [2.75, 3.05) is 40.5 Å². The van der Waals surface area contributed by atoms with Crippen molar-refractivity contribution in [3.8, 4) is 5.75 Å². The lowest BCUT2D eigenvalue weighted by Crippen LogP contribution is -2.47. The van der Waals surface area contributed by atoms with Gasteiger partial charge in [-0.1, -0.05) is 37.3 Å². The SMILES string of the molecule is CCCNC(=O)N(CCOC)CC(=O)N1N=C(c2cccc(OC)c2)C[C@@H]1c1ccccc1F. The van der Waals surface area contributed by atoms with E-state index < -0.39 is 17.8 Å². The molecule has 1 heterocycles. The van der Waals surface area contributed by atoms with Gasteiger partial charge in [-0.25, -0.2) is 14.2 Å². The number of carbonyl (C=O) groups is 2. The highest BCUT2D eigenvalue weighted by Crippen LogP contribution is 2.34. The Morgan fingerprint density at radius 1 is 1.21 bits per heavy atom. The van der Waals surface area contributed by atoms with Gasteiger partial charge in [0.1, 0.15) is 18.1 Å². The molecule has 182 valence electrons. The summed E-state index contributed by atoms with van der Waals surface area (Å²) in [4.78, 5) is 27.4. The second kappa shape index (κ2) is 12.1. The first-order valence-electron chi connectivity index (χ1n) is 11.3. The molecule has 3 amide bonds. The topological polar surface area (TPSA) is 83.5 Å². The molecule has 2 aromatic rings. The summed E-state index contributed by atoms with van der Waals surface area (Å²) in [5, 5.41) is 8.66. The van der Waals surface area contributed by atoms with E-state index in [-0.39, 0.29) is 25.7 Å². The van der Waals surface area contributed by atoms with Gasteiger partial charge in [0.2, 0.25) is 0 Å². The van der Waals surface area contributed by atoms with Crippen molar-refractivity contribution < 1.29 is 23.5 Å². The van der Waals surface area contributed by atoms with Crippen molar-refractivity contribution >= 4 is 17.6 Å². The zero-order valence-corrected chi connectivity index (χ0v) is 19.8. The Balaban J connectivity index is 1.90. The number of nitrogens with zero attached hydrogens (tertiary/aromatic N) is 3. The number of ether oxygens (including phenoxy) is 2. The molecule has 0 unspecified atom stereocenters. The Hall–Kier alpha value is -3.46. The highest BCUT2D eigenvalue weighted by atomic mass is 19.1. The molecule has 0 aliphatic carbocycles. The summed E-state index contributed by atoms with van der Waals surface area (Å²) in [6, 6.07) is 12.7. The number of urea groups is 1. The maximum absolute atomic E-state index is 14.7. The van der Waals surface area contributed by atoms with E-state index in [1.165, 1.54) is 23.1 Å². The van der Waals surface area contributed by atoms with E-state index >= 15 is 0 Å². The van der Waals surface area contributed by atoms with Crippen LogP contribution in [0.2, 0.25) is 0 Å². The van der Waals surface area contributed by atoms with Gasteiger partial charge < -0.3 is 19.7 Å². The van der Waals surface area contributed by atoms with Crippen molar-refractivity contribution in [1.82, 2.24) is 15.2 Å². The summed E-state index contributed by atoms with van der Waals surface area (Å²) in [6.07, 6.45) is 1.10. The normalized spacial score (nSPS) is 15.1. The molecular formula is C25H31FN4O4. The predicted molar refractivity (Wildman–Crippen MR) is 127 cm³/mol. The molecule has 9 heteroatoms. The highest BCUT2D eigenvalue weighted by Gasteiger charge is 2.35. The van der Waals surface area contributed by atoms with E-state index in [4.69, 9.17) is 9.47 Å². The Kier molecular flexibility index (Phi) is 8.98. The number of nitrogens with one attached hydrogen (secondary N) is 1. The van der Waals surface area contributed by atoms with E-state index in [9.17, 15) is 14.0 Å². The molecule has 0 saturated carbocycles. The smallest absolute Gasteiger partial charge is 0.317 e. The maximum atomic E-state index is 14.7. The summed E-state index contributed by atoms with van der Waals surface area (Å²) in [6.45, 7) is 2.75. The quantitative estimate of drug-likeness (QED) is 0.575. The summed E-state index contributed by atoms with van der Waals surface area (Å²) < 4.78 is 25.1. The lowest BCUT2D eigenvalue weighted by atomic mass is 9.98. The fourth-order valence-electron chi connectivity index (χ4n) is 3.74. The average Bonchev–Trinajstić information content (AvgIpc) is 3.30. The molecule has 0 radical (unpaired) electrons. The molecule has 3 rings (SSSR count). The van der Waals surface area contributed by atoms with E-state index in [0.717, 1.165) is 12.0 Å². The molecule has 34 heavy (non-hydrogen) atoms. The van der Waals surface area contributed by atoms with Crippen LogP contribution in [0.5, 0.6) is 5.75 Å². The summed E-state index contributed by atoms with van der Waals surface area (Å²) in [5.74, 6) is -0.163. The zero-order valence-electron chi connectivity index (χ0n) is 19.8. The number of benzene rings is 2. The van der Waals surface area contributed by atoms with Crippen LogP contribution in [0.15, 0.2) is 53.6 Å². The van der Waals surface area contributed by atoms with Crippen molar-refractivity contribution in [2.45, 2.75) is 25.8 Å². The van der Waals surface area contributed by atoms with Crippen molar-refractivity contribution in [2.24, 2.45) is 5.10 Å². The molecule has 1 N–H and O–H groups in total. The van der Waals surface area contributed by atoms with Gasteiger partial charge in [0.25, 0.3) is 5.91 Å². The minimum atomic E-state index is -0.627. The van der Waals surface area contributed by atoms with Crippen LogP contribution in [-0.4, -0.2) is 68.0 Å². The van der Waals surface area contributed by atoms with E-state index in [1.54, 1.807) is 25.3 Å². The molecule has 8 nitrogen and oxygen atoms in total. The van der Waals surface area contributed by atoms with Gasteiger partial charge in [0, 0.05) is 37.7 Å². The molecule has 0 saturated heterocycles. The number of hydrogen-bond acceptors (Lipinski definition) is 5. The van der Waals surface area contributed by atoms with Gasteiger partial charge >= 0.3 is 6.03 Å². The van der Waals surface area contributed by atoms with Gasteiger partial charge in [0.15, 0.2) is 0 Å². The number of halogens is 1. The van der Waals surface area contributed by atoms with Crippen molar-refractivity contribution in [3.05, 3.63) is 65.5 Å². The van der Waals surface area contributed by atoms with Gasteiger partial charge in [0.05, 0.1) is 25.5 Å². The molecule has 2 aromatic carbocycles. The average molecular weight is 471 g/mol. The minimum Gasteiger partial charge on any atom is -0.497 e. The molecule has 0 aromatic heterocycles. The second-order valence-electron chi connectivity index (χ2n) is 7.90. The second-order valence-corrected chi connectivity index (χ2v) is 7.90. The van der Waals surface area contributed by atoms with Gasteiger partial charge in [-0.2, -0.15) is 5.10 Å². The molecule has 0 spiro atoms. The standard InChI is InChI=1S/C25H31FN4O4/c1-4-12-27-25(32)29(13-14-33-2)17-24(31)30-23(20-10-5-6-11-21(20)26)16-22(28-30)18-8-7-9-19(15-18)34-3/h5-11,15,23H,4,12-14,16-17H2,1-3H3,(H,27,32)/t23-/m1/s1. The molecule has 0 fully saturated rings. The van der Waals surface area contributed by atoms with Crippen molar-refractivity contribution in [1.29, 1.82) is 0 Å². The lowest BCUT2D eigenvalue weighted by Gasteiger charge is -2.27. The molecule has 1 aliphatic heterocycles. The number of hydrazone groups is 1. The highest BCUT2D eigenvalue weighted by molar-refractivity contribution is 6.03. The van der Waals surface area contributed by atoms with Gasteiger partial charge in [-0.15, -0.1) is 0 Å². The third kappa shape index (κ3) is 6.11. The monoisotopic (exact) mass is 470 g/mol. The Labute approximate surface area is 199 Å². The number of carbonyl (C=O) groups excluding carboxylic acids is 2. The zero-order chi connectivity index (χ0) is 24.5. The molecule has 1 atom stereocenters. The number of rotatable bonds is 10. The van der Waals surface area contributed by atoms with Crippen molar-refractivity contribution in [3.63, 3.8) is 0 Å². The van der Waals surface area contributed by atoms with E-state index in [0.29, 0.717) is 30.0 Å². The third-order valence-electron chi connectivity index (χ3n) is 5.54. The number of hydrogen-bond donors (Lipinski definition) is 1. The van der Waals surface area contributed by atoms with Gasteiger partial charge in [-0.05, 0) is 24.6 Å². The summed E-state index contributed by atoms with van der Waals surface area (Å²) in [7, 11) is 3.11. The summed E-state index contributed by atoms with van der Waals surface area (Å²) in [5.41, 5.74) is 1.80. The van der Waals surface area contributed by atoms with Crippen LogP contribution in [0.1, 0.15) is 36.9 Å². The molecular weight excluding hydrogens is 439 g/mol. The first-order chi connectivity index (χ1) is 16.5. The first kappa shape index (κ1) is 25.2. The summed E-state index contributed by atoms with van der Waals surface area (Å²) >= 11 is 0. The molecule has 1 aliphatic rings.